The molecule has 0 aliphatic rings. The summed E-state index contributed by atoms with van der Waals surface area (Å²) in [4.78, 5) is 23.1. The van der Waals surface area contributed by atoms with Gasteiger partial charge in [-0.3, -0.25) is 9.59 Å². The molecule has 15 heavy (non-hydrogen) atoms. The third kappa shape index (κ3) is 2.30. The molecule has 0 aliphatic heterocycles. The number of esters is 1. The first-order valence-corrected chi connectivity index (χ1v) is 5.05. The summed E-state index contributed by atoms with van der Waals surface area (Å²) in [6, 6.07) is 0. The van der Waals surface area contributed by atoms with Gasteiger partial charge in [0, 0.05) is 0 Å². The van der Waals surface area contributed by atoms with Gasteiger partial charge in [-0.25, -0.2) is 0 Å². The average Bonchev–Trinajstić information content (AvgIpc) is 2.10. The van der Waals surface area contributed by atoms with Gasteiger partial charge < -0.3 is 9.84 Å². The lowest BCUT2D eigenvalue weighted by Crippen LogP contribution is -2.50. The van der Waals surface area contributed by atoms with Crippen LogP contribution in [0, 0.1) is 10.8 Å². The second-order valence-corrected chi connectivity index (χ2v) is 4.70. The van der Waals surface area contributed by atoms with Crippen molar-refractivity contribution in [2.24, 2.45) is 10.8 Å². The van der Waals surface area contributed by atoms with E-state index in [1.807, 2.05) is 6.92 Å². The Kier molecular flexibility index (Phi) is 4.31. The standard InChI is InChI=1S/C11H20O4/c1-6-7-11(8(12)13,9(14)15-5)10(2,3)4/h6-7H2,1-5H3,(H,12,13). The molecule has 1 unspecified atom stereocenters. The monoisotopic (exact) mass is 216 g/mol. The molecule has 0 spiro atoms. The molecule has 1 atom stereocenters. The Bertz CT molecular complexity index is 252. The predicted octanol–water partition coefficient (Wildman–Crippen LogP) is 2.08. The lowest BCUT2D eigenvalue weighted by atomic mass is 9.64. The van der Waals surface area contributed by atoms with Crippen molar-refractivity contribution in [3.05, 3.63) is 0 Å². The van der Waals surface area contributed by atoms with Crippen molar-refractivity contribution < 1.29 is 19.4 Å². The molecule has 4 heteroatoms. The molecule has 0 heterocycles. The Labute approximate surface area is 90.6 Å². The van der Waals surface area contributed by atoms with Crippen molar-refractivity contribution in [3.63, 3.8) is 0 Å². The van der Waals surface area contributed by atoms with Crippen LogP contribution in [0.2, 0.25) is 0 Å². The van der Waals surface area contributed by atoms with Crippen LogP contribution in [0.5, 0.6) is 0 Å². The first-order chi connectivity index (χ1) is 6.74. The summed E-state index contributed by atoms with van der Waals surface area (Å²) in [7, 11) is 1.22. The number of ether oxygens (including phenoxy) is 1. The third-order valence-electron chi connectivity index (χ3n) is 2.80. The number of aliphatic carboxylic acids is 1. The topological polar surface area (TPSA) is 63.6 Å². The molecule has 1 N–H and O–H groups in total. The van der Waals surface area contributed by atoms with Crippen LogP contribution < -0.4 is 0 Å². The van der Waals surface area contributed by atoms with E-state index in [0.29, 0.717) is 12.8 Å². The smallest absolute Gasteiger partial charge is 0.323 e. The van der Waals surface area contributed by atoms with E-state index in [1.165, 1.54) is 7.11 Å². The molecule has 4 nitrogen and oxygen atoms in total. The minimum absolute atomic E-state index is 0.290. The Morgan fingerprint density at radius 2 is 1.73 bits per heavy atom. The van der Waals surface area contributed by atoms with Gasteiger partial charge in [0.1, 0.15) is 0 Å². The van der Waals surface area contributed by atoms with Crippen LogP contribution >= 0.6 is 0 Å². The van der Waals surface area contributed by atoms with E-state index in [4.69, 9.17) is 0 Å². The maximum atomic E-state index is 11.7. The lowest BCUT2D eigenvalue weighted by molar-refractivity contribution is -0.176. The SMILES string of the molecule is CCCC(C(=O)O)(C(=O)OC)C(C)(C)C. The quantitative estimate of drug-likeness (QED) is 0.577. The van der Waals surface area contributed by atoms with Crippen molar-refractivity contribution in [1.29, 1.82) is 0 Å². The number of carbonyl (C=O) groups excluding carboxylic acids is 1. The summed E-state index contributed by atoms with van der Waals surface area (Å²) in [5.74, 6) is -1.77. The molecular formula is C11H20O4. The van der Waals surface area contributed by atoms with E-state index in [2.05, 4.69) is 4.74 Å². The molecule has 0 aromatic heterocycles. The zero-order valence-corrected chi connectivity index (χ0v) is 10.1. The Morgan fingerprint density at radius 1 is 1.27 bits per heavy atom. The van der Waals surface area contributed by atoms with Crippen LogP contribution in [0.4, 0.5) is 0 Å². The lowest BCUT2D eigenvalue weighted by Gasteiger charge is -2.38. The fourth-order valence-electron chi connectivity index (χ4n) is 1.85. The van der Waals surface area contributed by atoms with Gasteiger partial charge >= 0.3 is 11.9 Å². The molecule has 0 bridgehead atoms. The van der Waals surface area contributed by atoms with Crippen molar-refractivity contribution in [2.45, 2.75) is 40.5 Å². The van der Waals surface area contributed by atoms with E-state index >= 15 is 0 Å². The molecule has 88 valence electrons. The Hall–Kier alpha value is -1.06. The molecule has 0 saturated heterocycles. The number of hydrogen-bond donors (Lipinski definition) is 1. The summed E-state index contributed by atoms with van der Waals surface area (Å²) >= 11 is 0. The number of carboxylic acid groups (broad SMARTS) is 1. The number of carbonyl (C=O) groups is 2. The first kappa shape index (κ1) is 13.9. The van der Waals surface area contributed by atoms with Gasteiger partial charge in [0.05, 0.1) is 7.11 Å². The fraction of sp³-hybridized carbons (Fsp3) is 0.818. The minimum Gasteiger partial charge on any atom is -0.480 e. The van der Waals surface area contributed by atoms with Crippen molar-refractivity contribution in [1.82, 2.24) is 0 Å². The number of carboxylic acids is 1. The van der Waals surface area contributed by atoms with Crippen LogP contribution in [0.25, 0.3) is 0 Å². The van der Waals surface area contributed by atoms with Crippen molar-refractivity contribution in [2.75, 3.05) is 7.11 Å². The van der Waals surface area contributed by atoms with Gasteiger partial charge in [-0.2, -0.15) is 0 Å². The van der Waals surface area contributed by atoms with E-state index in [0.717, 1.165) is 0 Å². The van der Waals surface area contributed by atoms with Crippen LogP contribution in [0.15, 0.2) is 0 Å². The number of hydrogen-bond acceptors (Lipinski definition) is 3. The van der Waals surface area contributed by atoms with Crippen LogP contribution in [-0.2, 0) is 14.3 Å². The highest BCUT2D eigenvalue weighted by Gasteiger charge is 2.55. The van der Waals surface area contributed by atoms with Gasteiger partial charge in [-0.05, 0) is 11.8 Å². The highest BCUT2D eigenvalue weighted by Crippen LogP contribution is 2.43. The van der Waals surface area contributed by atoms with Crippen LogP contribution in [0.3, 0.4) is 0 Å². The summed E-state index contributed by atoms with van der Waals surface area (Å²) in [6.45, 7) is 7.08. The van der Waals surface area contributed by atoms with E-state index < -0.39 is 22.8 Å². The van der Waals surface area contributed by atoms with Gasteiger partial charge in [-0.15, -0.1) is 0 Å². The highest BCUT2D eigenvalue weighted by molar-refractivity contribution is 6.00. The maximum absolute atomic E-state index is 11.7. The summed E-state index contributed by atoms with van der Waals surface area (Å²) < 4.78 is 4.64. The largest absolute Gasteiger partial charge is 0.480 e. The van der Waals surface area contributed by atoms with Crippen molar-refractivity contribution in [3.8, 4) is 0 Å². The summed E-state index contributed by atoms with van der Waals surface area (Å²) in [5.41, 5.74) is -2.11. The highest BCUT2D eigenvalue weighted by atomic mass is 16.5. The summed E-state index contributed by atoms with van der Waals surface area (Å²) in [5, 5.41) is 9.29. The second kappa shape index (κ2) is 4.64. The summed E-state index contributed by atoms with van der Waals surface area (Å²) in [6.07, 6.45) is 0.914. The molecule has 0 aliphatic carbocycles. The van der Waals surface area contributed by atoms with Gasteiger partial charge in [0.25, 0.3) is 0 Å². The van der Waals surface area contributed by atoms with E-state index in [1.54, 1.807) is 20.8 Å². The van der Waals surface area contributed by atoms with Gasteiger partial charge in [0.2, 0.25) is 0 Å². The zero-order chi connectivity index (χ0) is 12.3. The van der Waals surface area contributed by atoms with E-state index in [-0.39, 0.29) is 0 Å². The van der Waals surface area contributed by atoms with E-state index in [9.17, 15) is 14.7 Å². The molecular weight excluding hydrogens is 196 g/mol. The molecule has 0 radical (unpaired) electrons. The molecule has 0 amide bonds. The fourth-order valence-corrected chi connectivity index (χ4v) is 1.85. The predicted molar refractivity (Wildman–Crippen MR) is 56.4 cm³/mol. The molecule has 0 aromatic rings. The first-order valence-electron chi connectivity index (χ1n) is 5.05. The molecule has 0 rings (SSSR count). The average molecular weight is 216 g/mol. The van der Waals surface area contributed by atoms with Crippen LogP contribution in [-0.4, -0.2) is 24.2 Å². The Balaban J connectivity index is 5.48. The number of rotatable bonds is 4. The molecule has 0 saturated carbocycles. The zero-order valence-electron chi connectivity index (χ0n) is 10.1. The van der Waals surface area contributed by atoms with Crippen LogP contribution in [0.1, 0.15) is 40.5 Å². The second-order valence-electron chi connectivity index (χ2n) is 4.70. The number of methoxy groups -OCH3 is 1. The normalized spacial score (nSPS) is 15.5. The Morgan fingerprint density at radius 3 is 1.93 bits per heavy atom. The third-order valence-corrected chi connectivity index (χ3v) is 2.80. The van der Waals surface area contributed by atoms with Gasteiger partial charge in [-0.1, -0.05) is 34.1 Å². The minimum atomic E-state index is -1.45. The molecule has 0 aromatic carbocycles. The maximum Gasteiger partial charge on any atom is 0.323 e. The van der Waals surface area contributed by atoms with Crippen molar-refractivity contribution >= 4 is 11.9 Å². The van der Waals surface area contributed by atoms with Gasteiger partial charge in [0.15, 0.2) is 5.41 Å². The molecule has 0 fully saturated rings.